The van der Waals surface area contributed by atoms with Crippen LogP contribution in [0.15, 0.2) is 11.6 Å². The van der Waals surface area contributed by atoms with Gasteiger partial charge in [-0.25, -0.2) is 4.39 Å². The van der Waals surface area contributed by atoms with E-state index >= 15 is 4.39 Å². The third-order valence-electron chi connectivity index (χ3n) is 8.58. The van der Waals surface area contributed by atoms with Crippen LogP contribution in [0.2, 0.25) is 0 Å². The molecular weight excluding hydrogens is 367 g/mol. The molecule has 166 valence electrons. The molecule has 0 aromatic heterocycles. The Morgan fingerprint density at radius 3 is 2.48 bits per heavy atom. The molecule has 4 aliphatic rings. The molecule has 0 radical (unpaired) electrons. The fourth-order valence-corrected chi connectivity index (χ4v) is 7.19. The Balaban J connectivity index is 0.000000377. The smallest absolute Gasteiger partial charge is 0.300 e. The zero-order valence-electron chi connectivity index (χ0n) is 19.0. The lowest BCUT2D eigenvalue weighted by Gasteiger charge is -2.57. The molecule has 3 nitrogen and oxygen atoms in total. The minimum absolute atomic E-state index is 0.0157. The van der Waals surface area contributed by atoms with Crippen molar-refractivity contribution in [3.8, 4) is 0 Å². The number of aliphatic carboxylic acids is 1. The normalized spacial score (nSPS) is 42.4. The van der Waals surface area contributed by atoms with Gasteiger partial charge in [0.1, 0.15) is 12.5 Å². The Labute approximate surface area is 176 Å². The standard InChI is InChI=1S/C21H33F.C2H4O2.C2H4O/c1-4-14-13-18-16-9-8-15-7-5-6-11-20(15,2)17(16)10-12-21(18,3)19(14)22;1-2(3)4;1-2-3/h8,14,16-19H,4-7,9-13H2,1-3H3;1H3,(H,3,4);2H,1H3/t14?,16?,17?,18?,19-,20-,21-;;/m0../s1. The topological polar surface area (TPSA) is 54.4 Å². The van der Waals surface area contributed by atoms with Crippen LogP contribution in [0.5, 0.6) is 0 Å². The second-order valence-corrected chi connectivity index (χ2v) is 10.1. The van der Waals surface area contributed by atoms with Gasteiger partial charge in [0.25, 0.3) is 5.97 Å². The van der Waals surface area contributed by atoms with Crippen molar-refractivity contribution in [3.63, 3.8) is 0 Å². The predicted octanol–water partition coefficient (Wildman–Crippen LogP) is 6.61. The van der Waals surface area contributed by atoms with E-state index in [1.54, 1.807) is 5.57 Å². The van der Waals surface area contributed by atoms with Gasteiger partial charge in [0.15, 0.2) is 0 Å². The third-order valence-corrected chi connectivity index (χ3v) is 8.58. The van der Waals surface area contributed by atoms with Crippen LogP contribution in [0.25, 0.3) is 0 Å². The van der Waals surface area contributed by atoms with Gasteiger partial charge in [0.05, 0.1) is 0 Å². The van der Waals surface area contributed by atoms with Crippen molar-refractivity contribution in [2.24, 2.45) is 34.5 Å². The van der Waals surface area contributed by atoms with Crippen molar-refractivity contribution in [2.75, 3.05) is 0 Å². The molecule has 0 heterocycles. The number of carboxylic acid groups (broad SMARTS) is 1. The lowest BCUT2D eigenvalue weighted by atomic mass is 9.48. The maximum absolute atomic E-state index is 15.1. The van der Waals surface area contributed by atoms with E-state index in [0.29, 0.717) is 17.3 Å². The van der Waals surface area contributed by atoms with Gasteiger partial charge in [0, 0.05) is 12.3 Å². The summed E-state index contributed by atoms with van der Waals surface area (Å²) >= 11 is 0. The van der Waals surface area contributed by atoms with E-state index in [0.717, 1.165) is 44.3 Å². The first-order valence-corrected chi connectivity index (χ1v) is 11.6. The maximum atomic E-state index is 15.1. The fraction of sp³-hybridized carbons (Fsp3) is 0.840. The summed E-state index contributed by atoms with van der Waals surface area (Å²) in [6.45, 7) is 9.56. The molecule has 4 aliphatic carbocycles. The first kappa shape index (κ1) is 24.1. The number of alkyl halides is 1. The summed E-state index contributed by atoms with van der Waals surface area (Å²) in [4.78, 5) is 17.8. The van der Waals surface area contributed by atoms with E-state index in [-0.39, 0.29) is 5.41 Å². The molecule has 0 amide bonds. The first-order valence-electron chi connectivity index (χ1n) is 11.6. The number of allylic oxidation sites excluding steroid dienone is 2. The molecule has 4 heteroatoms. The Bertz CT molecular complexity index is 611. The number of hydrogen-bond donors (Lipinski definition) is 1. The van der Waals surface area contributed by atoms with Gasteiger partial charge in [-0.2, -0.15) is 0 Å². The molecule has 4 rings (SSSR count). The summed E-state index contributed by atoms with van der Waals surface area (Å²) < 4.78 is 15.1. The second kappa shape index (κ2) is 9.75. The SMILES string of the molecule is CC(=O)O.CC=O.CCC1CC2C3CC=C4CCCC[C@]4(C)C3CC[C@]2(C)[C@H]1F. The van der Waals surface area contributed by atoms with Crippen LogP contribution in [0.3, 0.4) is 0 Å². The van der Waals surface area contributed by atoms with Crippen molar-refractivity contribution in [1.29, 1.82) is 0 Å². The van der Waals surface area contributed by atoms with Crippen molar-refractivity contribution < 1.29 is 19.1 Å². The third kappa shape index (κ3) is 4.61. The van der Waals surface area contributed by atoms with Crippen LogP contribution in [-0.2, 0) is 9.59 Å². The van der Waals surface area contributed by atoms with E-state index in [9.17, 15) is 0 Å². The summed E-state index contributed by atoms with van der Waals surface area (Å²) in [5.74, 6) is 1.75. The summed E-state index contributed by atoms with van der Waals surface area (Å²) in [5, 5.41) is 7.42. The van der Waals surface area contributed by atoms with Crippen LogP contribution in [0.4, 0.5) is 4.39 Å². The monoisotopic (exact) mass is 408 g/mol. The van der Waals surface area contributed by atoms with Crippen LogP contribution < -0.4 is 0 Å². The summed E-state index contributed by atoms with van der Waals surface area (Å²) in [6.07, 6.45) is 14.2. The summed E-state index contributed by atoms with van der Waals surface area (Å²) in [5.41, 5.74) is 2.21. The number of hydrogen-bond acceptors (Lipinski definition) is 2. The molecule has 0 aliphatic heterocycles. The Kier molecular flexibility index (Phi) is 8.09. The van der Waals surface area contributed by atoms with E-state index in [1.807, 2.05) is 0 Å². The minimum Gasteiger partial charge on any atom is -0.481 e. The highest BCUT2D eigenvalue weighted by Gasteiger charge is 2.60. The fourth-order valence-electron chi connectivity index (χ4n) is 7.19. The predicted molar refractivity (Wildman–Crippen MR) is 115 cm³/mol. The largest absolute Gasteiger partial charge is 0.481 e. The lowest BCUT2D eigenvalue weighted by molar-refractivity contribution is -0.134. The average Bonchev–Trinajstić information content (AvgIpc) is 2.92. The quantitative estimate of drug-likeness (QED) is 0.392. The Morgan fingerprint density at radius 2 is 1.90 bits per heavy atom. The van der Waals surface area contributed by atoms with Crippen LogP contribution in [0, 0.1) is 34.5 Å². The molecule has 0 bridgehead atoms. The van der Waals surface area contributed by atoms with E-state index in [1.165, 1.54) is 45.4 Å². The summed E-state index contributed by atoms with van der Waals surface area (Å²) in [6, 6.07) is 0. The lowest BCUT2D eigenvalue weighted by Crippen LogP contribution is -2.49. The second-order valence-electron chi connectivity index (χ2n) is 10.1. The van der Waals surface area contributed by atoms with Crippen molar-refractivity contribution >= 4 is 12.3 Å². The van der Waals surface area contributed by atoms with Gasteiger partial charge in [-0.1, -0.05) is 45.3 Å². The van der Waals surface area contributed by atoms with Crippen LogP contribution in [-0.4, -0.2) is 23.5 Å². The van der Waals surface area contributed by atoms with E-state index < -0.39 is 12.1 Å². The molecule has 3 saturated carbocycles. The van der Waals surface area contributed by atoms with Gasteiger partial charge in [-0.3, -0.25) is 4.79 Å². The highest BCUT2D eigenvalue weighted by atomic mass is 19.1. The van der Waals surface area contributed by atoms with E-state index in [4.69, 9.17) is 14.7 Å². The number of fused-ring (bicyclic) bond motifs is 5. The van der Waals surface area contributed by atoms with Gasteiger partial charge >= 0.3 is 0 Å². The molecule has 0 spiro atoms. The Morgan fingerprint density at radius 1 is 1.28 bits per heavy atom. The van der Waals surface area contributed by atoms with Crippen molar-refractivity contribution in [2.45, 2.75) is 98.6 Å². The number of aldehydes is 1. The number of carbonyl (C=O) groups is 2. The highest BCUT2D eigenvalue weighted by molar-refractivity contribution is 5.62. The number of carbonyl (C=O) groups excluding carboxylic acids is 1. The highest BCUT2D eigenvalue weighted by Crippen LogP contribution is 2.66. The van der Waals surface area contributed by atoms with E-state index in [2.05, 4.69) is 26.8 Å². The number of carboxylic acids is 1. The van der Waals surface area contributed by atoms with Crippen LogP contribution >= 0.6 is 0 Å². The van der Waals surface area contributed by atoms with Gasteiger partial charge in [0.2, 0.25) is 0 Å². The van der Waals surface area contributed by atoms with Crippen molar-refractivity contribution in [1.82, 2.24) is 0 Å². The molecule has 0 aromatic carbocycles. The van der Waals surface area contributed by atoms with Crippen LogP contribution in [0.1, 0.15) is 92.4 Å². The molecule has 3 fully saturated rings. The van der Waals surface area contributed by atoms with Gasteiger partial charge < -0.3 is 9.90 Å². The molecule has 4 unspecified atom stereocenters. The molecule has 1 N–H and O–H groups in total. The average molecular weight is 409 g/mol. The zero-order chi connectivity index (χ0) is 21.8. The zero-order valence-corrected chi connectivity index (χ0v) is 19.0. The molecule has 0 saturated heterocycles. The Hall–Kier alpha value is -1.19. The molecular formula is C25H41FO3. The molecule has 29 heavy (non-hydrogen) atoms. The summed E-state index contributed by atoms with van der Waals surface area (Å²) in [7, 11) is 0. The minimum atomic E-state index is -0.833. The molecule has 7 atom stereocenters. The van der Waals surface area contributed by atoms with Crippen molar-refractivity contribution in [3.05, 3.63) is 11.6 Å². The maximum Gasteiger partial charge on any atom is 0.300 e. The molecule has 0 aromatic rings. The van der Waals surface area contributed by atoms with Gasteiger partial charge in [-0.15, -0.1) is 0 Å². The number of halogens is 1. The number of rotatable bonds is 1. The first-order chi connectivity index (χ1) is 13.7. The van der Waals surface area contributed by atoms with Gasteiger partial charge in [-0.05, 0) is 81.0 Å².